The molecule has 1 aliphatic carbocycles. The van der Waals surface area contributed by atoms with E-state index in [0.717, 1.165) is 36.4 Å². The lowest BCUT2D eigenvalue weighted by Crippen LogP contribution is -2.44. The van der Waals surface area contributed by atoms with Gasteiger partial charge in [-0.25, -0.2) is 0 Å². The second-order valence-corrected chi connectivity index (χ2v) is 14.3. The van der Waals surface area contributed by atoms with Crippen LogP contribution in [0.1, 0.15) is 52.1 Å². The van der Waals surface area contributed by atoms with Gasteiger partial charge in [0.25, 0.3) is 0 Å². The molecule has 0 spiro atoms. The molecule has 0 unspecified atom stereocenters. The fraction of sp³-hybridized carbons (Fsp3) is 0.778. The Hall–Kier alpha value is -0.983. The van der Waals surface area contributed by atoms with E-state index in [1.165, 1.54) is 0 Å². The summed E-state index contributed by atoms with van der Waals surface area (Å²) >= 11 is 0.656. The SMILES string of the molecule is CC(C)(C)[Si](C)(C)O[C@H]1CC[C@H](Cn2nc(SC#N)cc2C(F)(F)F)CC1. The highest BCUT2D eigenvalue weighted by Gasteiger charge is 2.40. The van der Waals surface area contributed by atoms with Gasteiger partial charge in [0.05, 0.1) is 0 Å². The number of hydrogen-bond acceptors (Lipinski definition) is 4. The molecule has 1 fully saturated rings. The van der Waals surface area contributed by atoms with Crippen molar-refractivity contribution in [3.05, 3.63) is 11.8 Å². The highest BCUT2D eigenvalue weighted by molar-refractivity contribution is 8.03. The summed E-state index contributed by atoms with van der Waals surface area (Å²) in [4.78, 5) is 0. The van der Waals surface area contributed by atoms with E-state index in [9.17, 15) is 13.2 Å². The first-order valence-corrected chi connectivity index (χ1v) is 12.9. The number of rotatable bonds is 5. The van der Waals surface area contributed by atoms with Crippen LogP contribution in [0.15, 0.2) is 11.1 Å². The maximum atomic E-state index is 13.2. The molecule has 27 heavy (non-hydrogen) atoms. The van der Waals surface area contributed by atoms with E-state index < -0.39 is 20.2 Å². The molecule has 0 radical (unpaired) electrons. The first-order chi connectivity index (χ1) is 12.3. The number of alkyl halides is 3. The van der Waals surface area contributed by atoms with Gasteiger partial charge in [-0.15, -0.1) is 0 Å². The molecule has 1 heterocycles. The molecule has 0 aliphatic heterocycles. The quantitative estimate of drug-likeness (QED) is 0.331. The fourth-order valence-electron chi connectivity index (χ4n) is 3.13. The van der Waals surface area contributed by atoms with Crippen LogP contribution in [0.4, 0.5) is 13.2 Å². The molecule has 1 saturated carbocycles. The average Bonchev–Trinajstić information content (AvgIpc) is 2.91. The number of aromatic nitrogens is 2. The van der Waals surface area contributed by atoms with Gasteiger partial charge >= 0.3 is 6.18 Å². The number of hydrogen-bond donors (Lipinski definition) is 0. The van der Waals surface area contributed by atoms with Gasteiger partial charge in [0.1, 0.15) is 16.1 Å². The number of nitriles is 1. The van der Waals surface area contributed by atoms with Gasteiger partial charge in [-0.3, -0.25) is 4.68 Å². The molecule has 1 aromatic rings. The predicted octanol–water partition coefficient (Wildman–Crippen LogP) is 6.06. The molecule has 152 valence electrons. The van der Waals surface area contributed by atoms with E-state index in [4.69, 9.17) is 9.69 Å². The Morgan fingerprint density at radius 3 is 2.33 bits per heavy atom. The lowest BCUT2D eigenvalue weighted by molar-refractivity contribution is -0.144. The summed E-state index contributed by atoms with van der Waals surface area (Å²) in [6.45, 7) is 11.3. The fourth-order valence-corrected chi connectivity index (χ4v) is 4.95. The van der Waals surface area contributed by atoms with E-state index in [1.54, 1.807) is 5.40 Å². The minimum atomic E-state index is -4.47. The van der Waals surface area contributed by atoms with Crippen molar-refractivity contribution < 1.29 is 17.6 Å². The summed E-state index contributed by atoms with van der Waals surface area (Å²) in [5.74, 6) is 0.144. The van der Waals surface area contributed by atoms with E-state index in [1.807, 2.05) is 0 Å². The van der Waals surface area contributed by atoms with Gasteiger partial charge in [-0.1, -0.05) is 20.8 Å². The smallest absolute Gasteiger partial charge is 0.414 e. The van der Waals surface area contributed by atoms with Crippen LogP contribution >= 0.6 is 11.8 Å². The summed E-state index contributed by atoms with van der Waals surface area (Å²) in [6, 6.07) is 0.958. The summed E-state index contributed by atoms with van der Waals surface area (Å²) in [5, 5.41) is 14.7. The highest BCUT2D eigenvalue weighted by Crippen LogP contribution is 2.40. The number of halogens is 3. The molecular weight excluding hydrogens is 391 g/mol. The number of nitrogens with zero attached hydrogens (tertiary/aromatic N) is 3. The topological polar surface area (TPSA) is 50.8 Å². The summed E-state index contributed by atoms with van der Waals surface area (Å²) in [6.07, 6.45) is -0.858. The third-order valence-corrected chi connectivity index (χ3v) is 10.7. The Bertz CT molecular complexity index is 683. The van der Waals surface area contributed by atoms with Crippen molar-refractivity contribution in [1.29, 1.82) is 5.26 Å². The molecule has 1 aliphatic rings. The van der Waals surface area contributed by atoms with Crippen molar-refractivity contribution in [3.63, 3.8) is 0 Å². The van der Waals surface area contributed by atoms with Crippen LogP contribution in [0.2, 0.25) is 18.1 Å². The number of thiocyanates is 1. The zero-order valence-corrected chi connectivity index (χ0v) is 18.4. The largest absolute Gasteiger partial charge is 0.433 e. The molecule has 0 saturated heterocycles. The van der Waals surface area contributed by atoms with Crippen molar-refractivity contribution in [3.8, 4) is 5.40 Å². The van der Waals surface area contributed by atoms with Crippen molar-refractivity contribution >= 4 is 20.1 Å². The maximum absolute atomic E-state index is 13.2. The van der Waals surface area contributed by atoms with Crippen molar-refractivity contribution in [2.45, 2.75) is 88.4 Å². The van der Waals surface area contributed by atoms with Gasteiger partial charge in [0.2, 0.25) is 0 Å². The van der Waals surface area contributed by atoms with Crippen LogP contribution in [0.5, 0.6) is 0 Å². The molecule has 2 rings (SSSR count). The first-order valence-electron chi connectivity index (χ1n) is 9.22. The number of thioether (sulfide) groups is 1. The minimum Gasteiger partial charge on any atom is -0.414 e. The molecule has 4 nitrogen and oxygen atoms in total. The molecular formula is C18H28F3N3OSSi. The van der Waals surface area contributed by atoms with Crippen LogP contribution < -0.4 is 0 Å². The monoisotopic (exact) mass is 419 g/mol. The first kappa shape index (κ1) is 22.3. The van der Waals surface area contributed by atoms with Crippen LogP contribution in [0.3, 0.4) is 0 Å². The maximum Gasteiger partial charge on any atom is 0.433 e. The van der Waals surface area contributed by atoms with Crippen LogP contribution in [-0.2, 0) is 17.1 Å². The van der Waals surface area contributed by atoms with E-state index in [-0.39, 0.29) is 28.6 Å². The second-order valence-electron chi connectivity index (χ2n) is 8.76. The lowest BCUT2D eigenvalue weighted by atomic mass is 9.87. The Labute approximate surface area is 164 Å². The Kier molecular flexibility index (Phi) is 6.75. The molecule has 9 heteroatoms. The van der Waals surface area contributed by atoms with Crippen molar-refractivity contribution in [2.24, 2.45) is 5.92 Å². The zero-order chi connectivity index (χ0) is 20.5. The second kappa shape index (κ2) is 8.17. The Balaban J connectivity index is 1.99. The summed E-state index contributed by atoms with van der Waals surface area (Å²) in [7, 11) is -1.83. The van der Waals surface area contributed by atoms with Crippen LogP contribution in [0.25, 0.3) is 0 Å². The average molecular weight is 420 g/mol. The molecule has 0 N–H and O–H groups in total. The van der Waals surface area contributed by atoms with Gasteiger partial charge in [-0.2, -0.15) is 23.5 Å². The molecule has 0 bridgehead atoms. The lowest BCUT2D eigenvalue weighted by Gasteiger charge is -2.41. The normalized spacial score (nSPS) is 21.9. The molecule has 1 aromatic heterocycles. The van der Waals surface area contributed by atoms with Crippen molar-refractivity contribution in [1.82, 2.24) is 9.78 Å². The van der Waals surface area contributed by atoms with Crippen LogP contribution in [0, 0.1) is 16.6 Å². The van der Waals surface area contributed by atoms with Gasteiger partial charge in [0.15, 0.2) is 8.32 Å². The van der Waals surface area contributed by atoms with E-state index in [0.29, 0.717) is 11.8 Å². The standard InChI is InChI=1S/C18H28F3N3OSSi/c1-17(2,3)27(4,5)25-14-8-6-13(7-9-14)11-24-15(18(19,20)21)10-16(23-24)26-12-22/h10,13-14H,6-9,11H2,1-5H3/t13-,14-. The minimum absolute atomic E-state index is 0.0970. The van der Waals surface area contributed by atoms with Crippen molar-refractivity contribution in [2.75, 3.05) is 0 Å². The highest BCUT2D eigenvalue weighted by atomic mass is 32.2. The molecule has 0 atom stereocenters. The third kappa shape index (κ3) is 5.75. The Morgan fingerprint density at radius 1 is 1.26 bits per heavy atom. The predicted molar refractivity (Wildman–Crippen MR) is 103 cm³/mol. The third-order valence-electron chi connectivity index (χ3n) is 5.69. The molecule has 0 aromatic carbocycles. The molecule has 0 amide bonds. The van der Waals surface area contributed by atoms with Gasteiger partial charge in [0, 0.05) is 30.5 Å². The van der Waals surface area contributed by atoms with E-state index >= 15 is 0 Å². The van der Waals surface area contributed by atoms with Crippen LogP contribution in [-0.4, -0.2) is 24.2 Å². The summed E-state index contributed by atoms with van der Waals surface area (Å²) in [5.41, 5.74) is -0.778. The Morgan fingerprint density at radius 2 is 1.85 bits per heavy atom. The van der Waals surface area contributed by atoms with E-state index in [2.05, 4.69) is 39.0 Å². The van der Waals surface area contributed by atoms with Gasteiger partial charge < -0.3 is 4.43 Å². The van der Waals surface area contributed by atoms with Gasteiger partial charge in [-0.05, 0) is 49.7 Å². The zero-order valence-electron chi connectivity index (χ0n) is 16.6. The summed E-state index contributed by atoms with van der Waals surface area (Å²) < 4.78 is 47.2.